The van der Waals surface area contributed by atoms with Crippen LogP contribution in [0.25, 0.3) is 12.7 Å². The summed E-state index contributed by atoms with van der Waals surface area (Å²) in [4.78, 5) is 0. The summed E-state index contributed by atoms with van der Waals surface area (Å²) < 4.78 is 0. The summed E-state index contributed by atoms with van der Waals surface area (Å²) in [6, 6.07) is 4.38. The first-order chi connectivity index (χ1) is 8.69. The summed E-state index contributed by atoms with van der Waals surface area (Å²) in [6.07, 6.45) is 9.58. The van der Waals surface area contributed by atoms with Gasteiger partial charge in [0.05, 0.1) is 0 Å². The van der Waals surface area contributed by atoms with E-state index in [-0.39, 0.29) is 0 Å². The van der Waals surface area contributed by atoms with Crippen molar-refractivity contribution in [2.24, 2.45) is 5.92 Å². The van der Waals surface area contributed by atoms with Gasteiger partial charge in [-0.2, -0.15) is 0 Å². The molecule has 0 aliphatic heterocycles. The van der Waals surface area contributed by atoms with Crippen LogP contribution in [0.5, 0.6) is 0 Å². The van der Waals surface area contributed by atoms with Gasteiger partial charge >= 0.3 is 0 Å². The van der Waals surface area contributed by atoms with Crippen molar-refractivity contribution in [1.29, 1.82) is 0 Å². The molecule has 0 fully saturated rings. The van der Waals surface area contributed by atoms with Crippen molar-refractivity contribution in [3.05, 3.63) is 59.0 Å². The molecular formula is C18H22. The van der Waals surface area contributed by atoms with Crippen LogP contribution in [0.1, 0.15) is 36.8 Å². The fourth-order valence-corrected chi connectivity index (χ4v) is 3.16. The Hall–Kier alpha value is -1.56. The monoisotopic (exact) mass is 238 g/mol. The number of aryl methyl sites for hydroxylation is 1. The highest BCUT2D eigenvalue weighted by molar-refractivity contribution is 5.45. The first kappa shape index (κ1) is 12.9. The molecule has 0 aromatic heterocycles. The SMILES string of the molecule is C=C/C=c1/c2c(ccc1=C)CCC(CC=C)C2C. The smallest absolute Gasteiger partial charge is 0.0150 e. The Bertz CT molecular complexity index is 562. The van der Waals surface area contributed by atoms with Crippen molar-refractivity contribution in [2.45, 2.75) is 32.1 Å². The molecule has 94 valence electrons. The van der Waals surface area contributed by atoms with Crippen LogP contribution in [0.4, 0.5) is 0 Å². The highest BCUT2D eigenvalue weighted by Gasteiger charge is 2.25. The summed E-state index contributed by atoms with van der Waals surface area (Å²) in [5.41, 5.74) is 2.98. The van der Waals surface area contributed by atoms with E-state index in [2.05, 4.69) is 50.9 Å². The second-order valence-corrected chi connectivity index (χ2v) is 5.23. The average molecular weight is 238 g/mol. The lowest BCUT2D eigenvalue weighted by atomic mass is 9.73. The molecule has 1 aliphatic carbocycles. The summed E-state index contributed by atoms with van der Waals surface area (Å²) in [6.45, 7) is 14.2. The lowest BCUT2D eigenvalue weighted by molar-refractivity contribution is 0.393. The molecule has 0 saturated heterocycles. The molecule has 2 unspecified atom stereocenters. The molecule has 0 N–H and O–H groups in total. The molecule has 1 aromatic carbocycles. The van der Waals surface area contributed by atoms with Crippen molar-refractivity contribution in [2.75, 3.05) is 0 Å². The number of fused-ring (bicyclic) bond motifs is 1. The molecule has 0 heteroatoms. The van der Waals surface area contributed by atoms with Crippen molar-refractivity contribution in [1.82, 2.24) is 0 Å². The van der Waals surface area contributed by atoms with E-state index in [9.17, 15) is 0 Å². The minimum Gasteiger partial charge on any atom is -0.103 e. The largest absolute Gasteiger partial charge is 0.103 e. The third kappa shape index (κ3) is 2.20. The van der Waals surface area contributed by atoms with Crippen LogP contribution in [0.2, 0.25) is 0 Å². The molecule has 0 radical (unpaired) electrons. The fourth-order valence-electron chi connectivity index (χ4n) is 3.16. The summed E-state index contributed by atoms with van der Waals surface area (Å²) in [5.74, 6) is 1.30. The second kappa shape index (κ2) is 5.39. The second-order valence-electron chi connectivity index (χ2n) is 5.23. The Morgan fingerprint density at radius 3 is 2.78 bits per heavy atom. The maximum absolute atomic E-state index is 4.15. The molecule has 2 atom stereocenters. The minimum absolute atomic E-state index is 0.583. The molecule has 1 aliphatic rings. The molecule has 0 bridgehead atoms. The lowest BCUT2D eigenvalue weighted by Gasteiger charge is -2.31. The Morgan fingerprint density at radius 2 is 2.11 bits per heavy atom. The summed E-state index contributed by atoms with van der Waals surface area (Å²) in [5, 5.41) is 2.39. The predicted molar refractivity (Wildman–Crippen MR) is 80.9 cm³/mol. The van der Waals surface area contributed by atoms with E-state index in [4.69, 9.17) is 0 Å². The number of rotatable bonds is 3. The molecule has 0 nitrogen and oxygen atoms in total. The van der Waals surface area contributed by atoms with E-state index in [1.54, 1.807) is 0 Å². The normalized spacial score (nSPS) is 23.5. The van der Waals surface area contributed by atoms with Gasteiger partial charge in [-0.25, -0.2) is 0 Å². The van der Waals surface area contributed by atoms with Gasteiger partial charge in [-0.05, 0) is 52.7 Å². The molecular weight excluding hydrogens is 216 g/mol. The van der Waals surface area contributed by atoms with Crippen molar-refractivity contribution >= 4 is 12.7 Å². The van der Waals surface area contributed by atoms with E-state index in [0.717, 1.165) is 11.6 Å². The van der Waals surface area contributed by atoms with Crippen LogP contribution >= 0.6 is 0 Å². The van der Waals surface area contributed by atoms with Gasteiger partial charge in [-0.15, -0.1) is 6.58 Å². The number of benzene rings is 1. The van der Waals surface area contributed by atoms with Gasteiger partial charge in [0, 0.05) is 0 Å². The van der Waals surface area contributed by atoms with Crippen LogP contribution in [-0.2, 0) is 6.42 Å². The highest BCUT2D eigenvalue weighted by Crippen LogP contribution is 2.35. The van der Waals surface area contributed by atoms with Crippen LogP contribution in [0.3, 0.4) is 0 Å². The first-order valence-electron chi connectivity index (χ1n) is 6.73. The minimum atomic E-state index is 0.583. The molecule has 0 spiro atoms. The zero-order valence-corrected chi connectivity index (χ0v) is 11.3. The lowest BCUT2D eigenvalue weighted by Crippen LogP contribution is -2.34. The van der Waals surface area contributed by atoms with Crippen molar-refractivity contribution in [3.8, 4) is 0 Å². The standard InChI is InChI=1S/C18H22/c1-5-7-15-11-12-16-10-9-13(3)17(8-6-2)18(16)14(15)4/h5-6,8-10,14-15H,1-3,7,11-12H2,4H3/b17-8+. The Morgan fingerprint density at radius 1 is 1.33 bits per heavy atom. The summed E-state index contributed by atoms with van der Waals surface area (Å²) >= 11 is 0. The average Bonchev–Trinajstić information content (AvgIpc) is 2.36. The maximum atomic E-state index is 4.15. The first-order valence-corrected chi connectivity index (χ1v) is 6.73. The van der Waals surface area contributed by atoms with Gasteiger partial charge in [-0.1, -0.05) is 50.4 Å². The van der Waals surface area contributed by atoms with Crippen LogP contribution in [0.15, 0.2) is 37.4 Å². The van der Waals surface area contributed by atoms with E-state index >= 15 is 0 Å². The molecule has 2 rings (SSSR count). The quantitative estimate of drug-likeness (QED) is 0.709. The zero-order chi connectivity index (χ0) is 13.1. The van der Waals surface area contributed by atoms with Crippen LogP contribution in [0, 0.1) is 5.92 Å². The molecule has 1 aromatic rings. The molecule has 0 saturated carbocycles. The van der Waals surface area contributed by atoms with E-state index < -0.39 is 0 Å². The highest BCUT2D eigenvalue weighted by atomic mass is 14.3. The number of allylic oxidation sites excluding steroid dienone is 2. The van der Waals surface area contributed by atoms with Crippen LogP contribution < -0.4 is 10.4 Å². The maximum Gasteiger partial charge on any atom is -0.0150 e. The third-order valence-electron chi connectivity index (χ3n) is 4.17. The third-order valence-corrected chi connectivity index (χ3v) is 4.17. The molecule has 18 heavy (non-hydrogen) atoms. The van der Waals surface area contributed by atoms with E-state index in [0.29, 0.717) is 11.8 Å². The van der Waals surface area contributed by atoms with Crippen molar-refractivity contribution in [3.63, 3.8) is 0 Å². The Balaban J connectivity index is 2.61. The van der Waals surface area contributed by atoms with Crippen LogP contribution in [-0.4, -0.2) is 0 Å². The van der Waals surface area contributed by atoms with Gasteiger partial charge in [0.25, 0.3) is 0 Å². The predicted octanol–water partition coefficient (Wildman–Crippen LogP) is 3.31. The van der Waals surface area contributed by atoms with Gasteiger partial charge in [0.1, 0.15) is 0 Å². The van der Waals surface area contributed by atoms with Gasteiger partial charge < -0.3 is 0 Å². The summed E-state index contributed by atoms with van der Waals surface area (Å²) in [7, 11) is 0. The van der Waals surface area contributed by atoms with Gasteiger partial charge in [0.2, 0.25) is 0 Å². The number of hydrogen-bond donors (Lipinski definition) is 0. The van der Waals surface area contributed by atoms with E-state index in [1.807, 2.05) is 6.08 Å². The van der Waals surface area contributed by atoms with Crippen molar-refractivity contribution < 1.29 is 0 Å². The molecule has 0 amide bonds. The Labute approximate surface area is 110 Å². The topological polar surface area (TPSA) is 0 Å². The fraction of sp³-hybridized carbons (Fsp3) is 0.333. The van der Waals surface area contributed by atoms with Gasteiger partial charge in [0.15, 0.2) is 0 Å². The zero-order valence-electron chi connectivity index (χ0n) is 11.3. The number of hydrogen-bond acceptors (Lipinski definition) is 0. The van der Waals surface area contributed by atoms with E-state index in [1.165, 1.54) is 29.2 Å². The molecule has 0 heterocycles. The Kier molecular flexibility index (Phi) is 3.86. The van der Waals surface area contributed by atoms with Gasteiger partial charge in [-0.3, -0.25) is 0 Å².